The first-order valence-electron chi connectivity index (χ1n) is 8.16. The van der Waals surface area contributed by atoms with Gasteiger partial charge in [-0.15, -0.1) is 0 Å². The number of benzene rings is 2. The minimum absolute atomic E-state index is 0.0859. The Kier molecular flexibility index (Phi) is 5.85. The second kappa shape index (κ2) is 7.86. The third kappa shape index (κ3) is 5.30. The molecule has 1 atom stereocenters. The number of nitrogens with one attached hydrogen (secondary N) is 1. The van der Waals surface area contributed by atoms with E-state index in [4.69, 9.17) is 9.47 Å². The fraction of sp³-hybridized carbons (Fsp3) is 0.350. The molecular weight excluding hydrogens is 302 g/mol. The fourth-order valence-corrected chi connectivity index (χ4v) is 2.42. The zero-order valence-electron chi connectivity index (χ0n) is 14.9. The Balaban J connectivity index is 2.01. The van der Waals surface area contributed by atoms with E-state index in [-0.39, 0.29) is 12.0 Å². The quantitative estimate of drug-likeness (QED) is 0.850. The van der Waals surface area contributed by atoms with E-state index in [2.05, 4.69) is 11.4 Å². The van der Waals surface area contributed by atoms with Crippen molar-refractivity contribution in [3.63, 3.8) is 0 Å². The van der Waals surface area contributed by atoms with Gasteiger partial charge in [0, 0.05) is 11.8 Å². The summed E-state index contributed by atoms with van der Waals surface area (Å²) in [5.41, 5.74) is 2.90. The molecule has 0 unspecified atom stereocenters. The average Bonchev–Trinajstić information content (AvgIpc) is 2.45. The van der Waals surface area contributed by atoms with Crippen LogP contribution in [0.4, 0.5) is 5.69 Å². The molecule has 2 aromatic carbocycles. The van der Waals surface area contributed by atoms with Gasteiger partial charge in [0.1, 0.15) is 11.5 Å². The molecule has 1 amide bonds. The van der Waals surface area contributed by atoms with E-state index in [9.17, 15) is 4.79 Å². The van der Waals surface area contributed by atoms with Gasteiger partial charge in [0.15, 0.2) is 6.10 Å². The van der Waals surface area contributed by atoms with Crippen LogP contribution in [0.1, 0.15) is 31.9 Å². The highest BCUT2D eigenvalue weighted by molar-refractivity contribution is 5.94. The molecule has 0 radical (unpaired) electrons. The van der Waals surface area contributed by atoms with Gasteiger partial charge in [-0.05, 0) is 70.0 Å². The summed E-state index contributed by atoms with van der Waals surface area (Å²) >= 11 is 0. The molecule has 4 heteroatoms. The molecule has 0 aliphatic carbocycles. The van der Waals surface area contributed by atoms with Crippen LogP contribution in [0.15, 0.2) is 42.5 Å². The molecular formula is C20H25NO3. The van der Waals surface area contributed by atoms with E-state index < -0.39 is 6.10 Å². The predicted molar refractivity (Wildman–Crippen MR) is 96.8 cm³/mol. The molecule has 24 heavy (non-hydrogen) atoms. The Morgan fingerprint density at radius 2 is 1.58 bits per heavy atom. The number of anilines is 1. The summed E-state index contributed by atoms with van der Waals surface area (Å²) in [7, 11) is 0. The molecule has 0 fully saturated rings. The molecule has 4 nitrogen and oxygen atoms in total. The number of hydrogen-bond donors (Lipinski definition) is 1. The van der Waals surface area contributed by atoms with Crippen LogP contribution in [0.3, 0.4) is 0 Å². The Hall–Kier alpha value is -2.49. The van der Waals surface area contributed by atoms with Gasteiger partial charge in [-0.25, -0.2) is 0 Å². The maximum absolute atomic E-state index is 12.3. The van der Waals surface area contributed by atoms with E-state index in [0.717, 1.165) is 16.9 Å². The number of carbonyl (C=O) groups is 1. The van der Waals surface area contributed by atoms with Gasteiger partial charge in [-0.3, -0.25) is 4.79 Å². The van der Waals surface area contributed by atoms with Crippen LogP contribution in [0.2, 0.25) is 0 Å². The predicted octanol–water partition coefficient (Wildman–Crippen LogP) is 4.50. The van der Waals surface area contributed by atoms with E-state index in [1.54, 1.807) is 13.0 Å². The van der Waals surface area contributed by atoms with E-state index in [0.29, 0.717) is 11.4 Å². The number of amides is 1. The van der Waals surface area contributed by atoms with Gasteiger partial charge in [0.05, 0.1) is 6.10 Å². The normalized spacial score (nSPS) is 11.9. The van der Waals surface area contributed by atoms with Gasteiger partial charge in [0.25, 0.3) is 5.91 Å². The van der Waals surface area contributed by atoms with Gasteiger partial charge in [-0.1, -0.05) is 12.1 Å². The van der Waals surface area contributed by atoms with Crippen LogP contribution in [-0.4, -0.2) is 18.1 Å². The van der Waals surface area contributed by atoms with Crippen LogP contribution in [0, 0.1) is 13.8 Å². The van der Waals surface area contributed by atoms with Crippen LogP contribution in [0.5, 0.6) is 11.5 Å². The smallest absolute Gasteiger partial charge is 0.265 e. The van der Waals surface area contributed by atoms with Crippen LogP contribution >= 0.6 is 0 Å². The molecule has 0 saturated heterocycles. The first-order chi connectivity index (χ1) is 11.3. The molecule has 0 bridgehead atoms. The SMILES string of the molecule is Cc1cc(C)cc(O[C@H](C)C(=O)Nc2cccc(OC(C)C)c2)c1. The van der Waals surface area contributed by atoms with Crippen molar-refractivity contribution in [1.82, 2.24) is 0 Å². The summed E-state index contributed by atoms with van der Waals surface area (Å²) in [5.74, 6) is 1.23. The highest BCUT2D eigenvalue weighted by Gasteiger charge is 2.15. The van der Waals surface area contributed by atoms with Crippen molar-refractivity contribution in [1.29, 1.82) is 0 Å². The molecule has 2 rings (SSSR count). The Morgan fingerprint density at radius 1 is 0.917 bits per heavy atom. The lowest BCUT2D eigenvalue weighted by Crippen LogP contribution is -2.30. The van der Waals surface area contributed by atoms with E-state index >= 15 is 0 Å². The molecule has 0 saturated carbocycles. The second-order valence-electron chi connectivity index (χ2n) is 6.27. The molecule has 2 aromatic rings. The van der Waals surface area contributed by atoms with Gasteiger partial charge < -0.3 is 14.8 Å². The monoisotopic (exact) mass is 327 g/mol. The largest absolute Gasteiger partial charge is 0.491 e. The first-order valence-corrected chi connectivity index (χ1v) is 8.16. The summed E-state index contributed by atoms with van der Waals surface area (Å²) in [5, 5.41) is 2.86. The zero-order valence-corrected chi connectivity index (χ0v) is 14.9. The van der Waals surface area contributed by atoms with Crippen molar-refractivity contribution >= 4 is 11.6 Å². The zero-order chi connectivity index (χ0) is 17.7. The molecule has 0 aromatic heterocycles. The lowest BCUT2D eigenvalue weighted by molar-refractivity contribution is -0.122. The summed E-state index contributed by atoms with van der Waals surface area (Å²) < 4.78 is 11.4. The minimum Gasteiger partial charge on any atom is -0.491 e. The summed E-state index contributed by atoms with van der Waals surface area (Å²) in [6.45, 7) is 9.67. The molecule has 0 aliphatic rings. The first kappa shape index (κ1) is 17.9. The minimum atomic E-state index is -0.596. The Labute approximate surface area is 143 Å². The Morgan fingerprint density at radius 3 is 2.21 bits per heavy atom. The highest BCUT2D eigenvalue weighted by atomic mass is 16.5. The van der Waals surface area contributed by atoms with E-state index in [1.807, 2.05) is 58.0 Å². The molecule has 0 aliphatic heterocycles. The highest BCUT2D eigenvalue weighted by Crippen LogP contribution is 2.20. The van der Waals surface area contributed by atoms with Crippen molar-refractivity contribution in [3.8, 4) is 11.5 Å². The molecule has 1 N–H and O–H groups in total. The molecule has 0 spiro atoms. The number of hydrogen-bond acceptors (Lipinski definition) is 3. The maximum atomic E-state index is 12.3. The van der Waals surface area contributed by atoms with Crippen molar-refractivity contribution in [2.45, 2.75) is 46.8 Å². The van der Waals surface area contributed by atoms with Crippen molar-refractivity contribution in [3.05, 3.63) is 53.6 Å². The average molecular weight is 327 g/mol. The number of carbonyl (C=O) groups excluding carboxylic acids is 1. The summed E-state index contributed by atoms with van der Waals surface area (Å²) in [6, 6.07) is 13.3. The van der Waals surface area contributed by atoms with Crippen LogP contribution in [0.25, 0.3) is 0 Å². The standard InChI is InChI=1S/C20H25NO3/c1-13(2)23-18-8-6-7-17(12-18)21-20(22)16(5)24-19-10-14(3)9-15(4)11-19/h6-13,16H,1-5H3,(H,21,22)/t16-/m1/s1. The van der Waals surface area contributed by atoms with Crippen LogP contribution < -0.4 is 14.8 Å². The Bertz CT molecular complexity index is 690. The van der Waals surface area contributed by atoms with Crippen molar-refractivity contribution in [2.24, 2.45) is 0 Å². The fourth-order valence-electron chi connectivity index (χ4n) is 2.42. The summed E-state index contributed by atoms with van der Waals surface area (Å²) in [4.78, 5) is 12.3. The lowest BCUT2D eigenvalue weighted by Gasteiger charge is -2.16. The number of aryl methyl sites for hydroxylation is 2. The van der Waals surface area contributed by atoms with Gasteiger partial charge in [0.2, 0.25) is 0 Å². The van der Waals surface area contributed by atoms with E-state index in [1.165, 1.54) is 0 Å². The number of ether oxygens (including phenoxy) is 2. The lowest BCUT2D eigenvalue weighted by atomic mass is 10.1. The third-order valence-electron chi connectivity index (χ3n) is 3.35. The third-order valence-corrected chi connectivity index (χ3v) is 3.35. The summed E-state index contributed by atoms with van der Waals surface area (Å²) in [6.07, 6.45) is -0.511. The van der Waals surface area contributed by atoms with Crippen LogP contribution in [-0.2, 0) is 4.79 Å². The van der Waals surface area contributed by atoms with Gasteiger partial charge in [-0.2, -0.15) is 0 Å². The van der Waals surface area contributed by atoms with Crippen molar-refractivity contribution in [2.75, 3.05) is 5.32 Å². The maximum Gasteiger partial charge on any atom is 0.265 e. The second-order valence-corrected chi connectivity index (χ2v) is 6.27. The molecule has 0 heterocycles. The van der Waals surface area contributed by atoms with Crippen molar-refractivity contribution < 1.29 is 14.3 Å². The van der Waals surface area contributed by atoms with Gasteiger partial charge >= 0.3 is 0 Å². The number of rotatable bonds is 6. The molecule has 128 valence electrons. The topological polar surface area (TPSA) is 47.6 Å².